The molecule has 2 unspecified atom stereocenters. The van der Waals surface area contributed by atoms with Crippen LogP contribution in [0.4, 0.5) is 0 Å². The van der Waals surface area contributed by atoms with E-state index in [0.717, 1.165) is 0 Å². The quantitative estimate of drug-likeness (QED) is 0.756. The van der Waals surface area contributed by atoms with Crippen molar-refractivity contribution in [2.75, 3.05) is 6.54 Å². The van der Waals surface area contributed by atoms with Gasteiger partial charge in [0.2, 0.25) is 5.89 Å². The minimum Gasteiger partial charge on any atom is -0.446 e. The van der Waals surface area contributed by atoms with Crippen LogP contribution in [-0.4, -0.2) is 28.6 Å². The first-order valence-corrected chi connectivity index (χ1v) is 7.25. The normalized spacial score (nSPS) is 19.6. The lowest BCUT2D eigenvalue weighted by atomic mass is 9.89. The van der Waals surface area contributed by atoms with Crippen molar-refractivity contribution in [2.45, 2.75) is 51.2 Å². The molecule has 1 fully saturated rings. The highest BCUT2D eigenvalue weighted by Gasteiger charge is 2.21. The van der Waals surface area contributed by atoms with E-state index in [9.17, 15) is 9.90 Å². The molecule has 0 aliphatic heterocycles. The molecule has 0 saturated heterocycles. The predicted octanol–water partition coefficient (Wildman–Crippen LogP) is 1.37. The maximum Gasteiger partial charge on any atom is 0.273 e. The number of nitrogens with zero attached hydrogens (tertiary/aromatic N) is 1. The highest BCUT2D eigenvalue weighted by molar-refractivity contribution is 5.91. The van der Waals surface area contributed by atoms with Crippen LogP contribution in [0.1, 0.15) is 61.4 Å². The van der Waals surface area contributed by atoms with Crippen molar-refractivity contribution in [3.05, 3.63) is 17.8 Å². The van der Waals surface area contributed by atoms with Crippen LogP contribution in [0.5, 0.6) is 0 Å². The second kappa shape index (κ2) is 6.85. The summed E-state index contributed by atoms with van der Waals surface area (Å²) < 4.78 is 5.14. The average Bonchev–Trinajstić information content (AvgIpc) is 2.94. The van der Waals surface area contributed by atoms with Crippen LogP contribution in [0.3, 0.4) is 0 Å². The van der Waals surface area contributed by atoms with Crippen LogP contribution in [-0.2, 0) is 0 Å². The summed E-state index contributed by atoms with van der Waals surface area (Å²) in [4.78, 5) is 16.0. The predicted molar refractivity (Wildman–Crippen MR) is 74.0 cm³/mol. The smallest absolute Gasteiger partial charge is 0.273 e. The SMILES string of the molecule is CC(O)C(N)c1nc(C(=O)NCC2CCCCC2)co1. The number of aromatic nitrogens is 1. The number of carbonyl (C=O) groups is 1. The lowest BCUT2D eigenvalue weighted by Crippen LogP contribution is -2.30. The molecule has 112 valence electrons. The Morgan fingerprint density at radius 1 is 1.55 bits per heavy atom. The molecule has 0 bridgehead atoms. The zero-order chi connectivity index (χ0) is 14.5. The second-order valence-corrected chi connectivity index (χ2v) is 5.55. The molecular weight excluding hydrogens is 258 g/mol. The summed E-state index contributed by atoms with van der Waals surface area (Å²) in [7, 11) is 0. The van der Waals surface area contributed by atoms with Crippen molar-refractivity contribution in [1.82, 2.24) is 10.3 Å². The Bertz CT molecular complexity index is 439. The Labute approximate surface area is 118 Å². The number of oxazole rings is 1. The van der Waals surface area contributed by atoms with Crippen molar-refractivity contribution < 1.29 is 14.3 Å². The third-order valence-corrected chi connectivity index (χ3v) is 3.84. The number of nitrogens with one attached hydrogen (secondary N) is 1. The monoisotopic (exact) mass is 281 g/mol. The molecule has 2 rings (SSSR count). The Morgan fingerprint density at radius 3 is 2.90 bits per heavy atom. The molecule has 0 spiro atoms. The molecule has 0 radical (unpaired) electrons. The van der Waals surface area contributed by atoms with Gasteiger partial charge in [-0.3, -0.25) is 4.79 Å². The first-order valence-electron chi connectivity index (χ1n) is 7.25. The molecule has 1 aliphatic rings. The van der Waals surface area contributed by atoms with Gasteiger partial charge in [0, 0.05) is 6.54 Å². The molecule has 1 aromatic heterocycles. The van der Waals surface area contributed by atoms with Gasteiger partial charge in [-0.05, 0) is 25.7 Å². The van der Waals surface area contributed by atoms with Gasteiger partial charge in [0.15, 0.2) is 5.69 Å². The lowest BCUT2D eigenvalue weighted by molar-refractivity contribution is 0.0938. The molecule has 1 saturated carbocycles. The fourth-order valence-corrected chi connectivity index (χ4v) is 2.47. The van der Waals surface area contributed by atoms with Crippen LogP contribution < -0.4 is 11.1 Å². The Kier molecular flexibility index (Phi) is 5.14. The fraction of sp³-hybridized carbons (Fsp3) is 0.714. The maximum absolute atomic E-state index is 12.0. The summed E-state index contributed by atoms with van der Waals surface area (Å²) in [5.41, 5.74) is 5.92. The summed E-state index contributed by atoms with van der Waals surface area (Å²) in [6, 6.07) is -0.713. The fourth-order valence-electron chi connectivity index (χ4n) is 2.47. The van der Waals surface area contributed by atoms with Crippen molar-refractivity contribution in [1.29, 1.82) is 0 Å². The van der Waals surface area contributed by atoms with Crippen LogP contribution in [0.15, 0.2) is 10.7 Å². The van der Waals surface area contributed by atoms with Gasteiger partial charge < -0.3 is 20.6 Å². The minimum atomic E-state index is -0.771. The van der Waals surface area contributed by atoms with E-state index in [0.29, 0.717) is 12.5 Å². The van der Waals surface area contributed by atoms with Crippen molar-refractivity contribution >= 4 is 5.91 Å². The Balaban J connectivity index is 1.86. The zero-order valence-corrected chi connectivity index (χ0v) is 11.8. The van der Waals surface area contributed by atoms with Crippen LogP contribution >= 0.6 is 0 Å². The number of hydrogen-bond donors (Lipinski definition) is 3. The Hall–Kier alpha value is -1.40. The van der Waals surface area contributed by atoms with E-state index in [2.05, 4.69) is 10.3 Å². The molecule has 20 heavy (non-hydrogen) atoms. The van der Waals surface area contributed by atoms with Gasteiger partial charge in [0.05, 0.1) is 6.10 Å². The van der Waals surface area contributed by atoms with Gasteiger partial charge >= 0.3 is 0 Å². The summed E-state index contributed by atoms with van der Waals surface area (Å²) in [5, 5.41) is 12.3. The van der Waals surface area contributed by atoms with Crippen molar-refractivity contribution in [3.8, 4) is 0 Å². The Morgan fingerprint density at radius 2 is 2.25 bits per heavy atom. The standard InChI is InChI=1S/C14H23N3O3/c1-9(18)12(15)14-17-11(8-20-14)13(19)16-7-10-5-3-2-4-6-10/h8-10,12,18H,2-7,15H2,1H3,(H,16,19). The number of aliphatic hydroxyl groups is 1. The molecular formula is C14H23N3O3. The number of carbonyl (C=O) groups excluding carboxylic acids is 1. The van der Waals surface area contributed by atoms with Crippen molar-refractivity contribution in [3.63, 3.8) is 0 Å². The maximum atomic E-state index is 12.0. The van der Waals surface area contributed by atoms with Gasteiger partial charge in [0.1, 0.15) is 12.3 Å². The molecule has 6 heteroatoms. The number of nitrogens with two attached hydrogens (primary N) is 1. The van der Waals surface area contributed by atoms with Gasteiger partial charge in [-0.25, -0.2) is 4.98 Å². The van der Waals surface area contributed by atoms with E-state index < -0.39 is 12.1 Å². The molecule has 1 aliphatic carbocycles. The number of hydrogen-bond acceptors (Lipinski definition) is 5. The molecule has 4 N–H and O–H groups in total. The van der Waals surface area contributed by atoms with E-state index in [4.69, 9.17) is 10.2 Å². The molecule has 2 atom stereocenters. The van der Waals surface area contributed by atoms with Crippen LogP contribution in [0.2, 0.25) is 0 Å². The molecule has 6 nitrogen and oxygen atoms in total. The molecule has 1 heterocycles. The third kappa shape index (κ3) is 3.80. The first-order chi connectivity index (χ1) is 9.58. The van der Waals surface area contributed by atoms with E-state index in [1.165, 1.54) is 38.4 Å². The van der Waals surface area contributed by atoms with Crippen LogP contribution in [0.25, 0.3) is 0 Å². The second-order valence-electron chi connectivity index (χ2n) is 5.55. The highest BCUT2D eigenvalue weighted by Crippen LogP contribution is 2.22. The summed E-state index contributed by atoms with van der Waals surface area (Å²) >= 11 is 0. The minimum absolute atomic E-state index is 0.183. The van der Waals surface area contributed by atoms with Crippen LogP contribution in [0, 0.1) is 5.92 Å². The largest absolute Gasteiger partial charge is 0.446 e. The van der Waals surface area contributed by atoms with E-state index >= 15 is 0 Å². The van der Waals surface area contributed by atoms with Gasteiger partial charge in [0.25, 0.3) is 5.91 Å². The first kappa shape index (κ1) is 15.0. The van der Waals surface area contributed by atoms with E-state index in [1.807, 2.05) is 0 Å². The molecule has 1 amide bonds. The zero-order valence-electron chi connectivity index (χ0n) is 11.8. The highest BCUT2D eigenvalue weighted by atomic mass is 16.3. The average molecular weight is 281 g/mol. The number of aliphatic hydroxyl groups excluding tert-OH is 1. The molecule has 1 aromatic rings. The topological polar surface area (TPSA) is 101 Å². The molecule has 0 aromatic carbocycles. The number of rotatable bonds is 5. The summed E-state index contributed by atoms with van der Waals surface area (Å²) in [6.45, 7) is 2.24. The van der Waals surface area contributed by atoms with E-state index in [-0.39, 0.29) is 17.5 Å². The summed E-state index contributed by atoms with van der Waals surface area (Å²) in [6.07, 6.45) is 6.67. The number of amides is 1. The third-order valence-electron chi connectivity index (χ3n) is 3.84. The van der Waals surface area contributed by atoms with E-state index in [1.54, 1.807) is 6.92 Å². The van der Waals surface area contributed by atoms with Gasteiger partial charge in [-0.15, -0.1) is 0 Å². The summed E-state index contributed by atoms with van der Waals surface area (Å²) in [5.74, 6) is 0.505. The van der Waals surface area contributed by atoms with Gasteiger partial charge in [-0.2, -0.15) is 0 Å². The van der Waals surface area contributed by atoms with Gasteiger partial charge in [-0.1, -0.05) is 19.3 Å². The van der Waals surface area contributed by atoms with Crippen molar-refractivity contribution in [2.24, 2.45) is 11.7 Å². The lowest BCUT2D eigenvalue weighted by Gasteiger charge is -2.21.